The van der Waals surface area contributed by atoms with Crippen LogP contribution >= 0.6 is 0 Å². The summed E-state index contributed by atoms with van der Waals surface area (Å²) in [6, 6.07) is 3.50. The number of pyridine rings is 1. The van der Waals surface area contributed by atoms with E-state index in [9.17, 15) is 0 Å². The average molecular weight is 182 g/mol. The van der Waals surface area contributed by atoms with Crippen LogP contribution in [0.15, 0.2) is 24.5 Å². The Morgan fingerprint density at radius 2 is 2.46 bits per heavy atom. The molecule has 3 N–H and O–H groups in total. The van der Waals surface area contributed by atoms with E-state index in [1.54, 1.807) is 18.5 Å². The number of hydrogen-bond donors (Lipinski definition) is 2. The van der Waals surface area contributed by atoms with Crippen LogP contribution in [-0.4, -0.2) is 29.3 Å². The van der Waals surface area contributed by atoms with E-state index in [4.69, 9.17) is 15.6 Å². The number of aliphatic hydroxyl groups excluding tert-OH is 1. The molecule has 0 bridgehead atoms. The molecular weight excluding hydrogens is 168 g/mol. The highest BCUT2D eigenvalue weighted by Crippen LogP contribution is 2.06. The van der Waals surface area contributed by atoms with Crippen molar-refractivity contribution in [3.8, 4) is 5.75 Å². The van der Waals surface area contributed by atoms with Crippen LogP contribution in [0.4, 0.5) is 0 Å². The molecule has 0 saturated carbocycles. The molecule has 1 unspecified atom stereocenters. The third-order valence-corrected chi connectivity index (χ3v) is 1.60. The smallest absolute Gasteiger partial charge is 0.137 e. The molecule has 13 heavy (non-hydrogen) atoms. The second-order valence-electron chi connectivity index (χ2n) is 2.77. The van der Waals surface area contributed by atoms with E-state index in [1.165, 1.54) is 0 Å². The number of aliphatic hydroxyl groups is 1. The zero-order valence-electron chi connectivity index (χ0n) is 7.39. The molecule has 1 aromatic heterocycles. The van der Waals surface area contributed by atoms with Gasteiger partial charge in [-0.2, -0.15) is 0 Å². The molecule has 0 aromatic carbocycles. The van der Waals surface area contributed by atoms with Gasteiger partial charge in [0, 0.05) is 18.8 Å². The second kappa shape index (κ2) is 5.50. The van der Waals surface area contributed by atoms with Crippen molar-refractivity contribution in [2.75, 3.05) is 13.2 Å². The van der Waals surface area contributed by atoms with Crippen LogP contribution in [0.5, 0.6) is 5.75 Å². The standard InChI is InChI=1S/C9H14N2O2/c10-8(3-5-12)7-13-9-2-1-4-11-6-9/h1-2,4,6,8,12H,3,5,7,10H2. The summed E-state index contributed by atoms with van der Waals surface area (Å²) in [5.41, 5.74) is 5.63. The Morgan fingerprint density at radius 1 is 1.62 bits per heavy atom. The fourth-order valence-electron chi connectivity index (χ4n) is 0.885. The summed E-state index contributed by atoms with van der Waals surface area (Å²) in [6.45, 7) is 0.504. The van der Waals surface area contributed by atoms with Crippen molar-refractivity contribution in [2.45, 2.75) is 12.5 Å². The molecule has 4 heteroatoms. The molecule has 0 spiro atoms. The Bertz CT molecular complexity index is 228. The molecule has 1 heterocycles. The van der Waals surface area contributed by atoms with Gasteiger partial charge in [-0.25, -0.2) is 0 Å². The lowest BCUT2D eigenvalue weighted by Crippen LogP contribution is -2.28. The molecule has 0 fully saturated rings. The minimum atomic E-state index is -0.120. The maximum absolute atomic E-state index is 8.59. The first-order valence-corrected chi connectivity index (χ1v) is 4.22. The molecule has 1 aromatic rings. The number of aromatic nitrogens is 1. The van der Waals surface area contributed by atoms with Crippen LogP contribution in [0.2, 0.25) is 0 Å². The molecule has 0 radical (unpaired) electrons. The molecule has 1 rings (SSSR count). The minimum Gasteiger partial charge on any atom is -0.490 e. The molecule has 0 aliphatic carbocycles. The van der Waals surface area contributed by atoms with Crippen LogP contribution in [0.25, 0.3) is 0 Å². The number of nitrogens with zero attached hydrogens (tertiary/aromatic N) is 1. The number of hydrogen-bond acceptors (Lipinski definition) is 4. The fourth-order valence-corrected chi connectivity index (χ4v) is 0.885. The summed E-state index contributed by atoms with van der Waals surface area (Å²) >= 11 is 0. The van der Waals surface area contributed by atoms with Crippen LogP contribution in [0, 0.1) is 0 Å². The van der Waals surface area contributed by atoms with Crippen molar-refractivity contribution in [1.29, 1.82) is 0 Å². The van der Waals surface area contributed by atoms with E-state index >= 15 is 0 Å². The summed E-state index contributed by atoms with van der Waals surface area (Å²) in [6.07, 6.45) is 3.87. The van der Waals surface area contributed by atoms with Gasteiger partial charge in [0.05, 0.1) is 6.20 Å². The van der Waals surface area contributed by atoms with Crippen molar-refractivity contribution in [3.05, 3.63) is 24.5 Å². The van der Waals surface area contributed by atoms with Gasteiger partial charge < -0.3 is 15.6 Å². The van der Waals surface area contributed by atoms with E-state index in [0.717, 1.165) is 0 Å². The molecule has 0 amide bonds. The molecular formula is C9H14N2O2. The van der Waals surface area contributed by atoms with E-state index in [-0.39, 0.29) is 12.6 Å². The van der Waals surface area contributed by atoms with Crippen molar-refractivity contribution in [3.63, 3.8) is 0 Å². The van der Waals surface area contributed by atoms with Crippen LogP contribution < -0.4 is 10.5 Å². The van der Waals surface area contributed by atoms with Crippen molar-refractivity contribution in [2.24, 2.45) is 5.73 Å². The zero-order chi connectivity index (χ0) is 9.52. The highest BCUT2D eigenvalue weighted by molar-refractivity contribution is 5.15. The van der Waals surface area contributed by atoms with Gasteiger partial charge in [-0.3, -0.25) is 4.98 Å². The summed E-state index contributed by atoms with van der Waals surface area (Å²) in [5, 5.41) is 8.59. The number of rotatable bonds is 5. The van der Waals surface area contributed by atoms with Crippen LogP contribution in [0.1, 0.15) is 6.42 Å². The van der Waals surface area contributed by atoms with Crippen LogP contribution in [0.3, 0.4) is 0 Å². The monoisotopic (exact) mass is 182 g/mol. The Labute approximate surface area is 77.4 Å². The van der Waals surface area contributed by atoms with Crippen LogP contribution in [-0.2, 0) is 0 Å². The summed E-state index contributed by atoms with van der Waals surface area (Å²) in [5.74, 6) is 0.705. The zero-order valence-corrected chi connectivity index (χ0v) is 7.39. The Hall–Kier alpha value is -1.13. The normalized spacial score (nSPS) is 12.5. The Balaban J connectivity index is 2.27. The lowest BCUT2D eigenvalue weighted by Gasteiger charge is -2.10. The highest BCUT2D eigenvalue weighted by Gasteiger charge is 2.01. The van der Waals surface area contributed by atoms with Crippen molar-refractivity contribution < 1.29 is 9.84 Å². The van der Waals surface area contributed by atoms with E-state index in [1.807, 2.05) is 6.07 Å². The van der Waals surface area contributed by atoms with Gasteiger partial charge in [0.1, 0.15) is 12.4 Å². The molecule has 1 atom stereocenters. The second-order valence-corrected chi connectivity index (χ2v) is 2.77. The lowest BCUT2D eigenvalue weighted by atomic mass is 10.2. The predicted molar refractivity (Wildman–Crippen MR) is 49.4 cm³/mol. The van der Waals surface area contributed by atoms with Gasteiger partial charge in [-0.05, 0) is 18.6 Å². The molecule has 0 aliphatic rings. The predicted octanol–water partition coefficient (Wildman–Crippen LogP) is 0.170. The van der Waals surface area contributed by atoms with Gasteiger partial charge in [0.25, 0.3) is 0 Å². The SMILES string of the molecule is NC(CCO)COc1cccnc1. The van der Waals surface area contributed by atoms with Gasteiger partial charge in [-0.15, -0.1) is 0 Å². The topological polar surface area (TPSA) is 68.4 Å². The lowest BCUT2D eigenvalue weighted by molar-refractivity contribution is 0.233. The Morgan fingerprint density at radius 3 is 3.08 bits per heavy atom. The third-order valence-electron chi connectivity index (χ3n) is 1.60. The summed E-state index contributed by atoms with van der Waals surface area (Å²) in [4.78, 5) is 3.89. The quantitative estimate of drug-likeness (QED) is 0.681. The minimum absolute atomic E-state index is 0.0948. The van der Waals surface area contributed by atoms with Crippen molar-refractivity contribution in [1.82, 2.24) is 4.98 Å². The van der Waals surface area contributed by atoms with Gasteiger partial charge in [0.2, 0.25) is 0 Å². The van der Waals surface area contributed by atoms with E-state index < -0.39 is 0 Å². The van der Waals surface area contributed by atoms with Gasteiger partial charge in [0.15, 0.2) is 0 Å². The molecule has 72 valence electrons. The van der Waals surface area contributed by atoms with E-state index in [2.05, 4.69) is 4.98 Å². The third kappa shape index (κ3) is 3.87. The first kappa shape index (κ1) is 9.95. The fraction of sp³-hybridized carbons (Fsp3) is 0.444. The highest BCUT2D eigenvalue weighted by atomic mass is 16.5. The number of nitrogens with two attached hydrogens (primary N) is 1. The van der Waals surface area contributed by atoms with Gasteiger partial charge >= 0.3 is 0 Å². The molecule has 0 saturated heterocycles. The first-order valence-electron chi connectivity index (χ1n) is 4.22. The maximum atomic E-state index is 8.59. The first-order chi connectivity index (χ1) is 6.33. The van der Waals surface area contributed by atoms with E-state index in [0.29, 0.717) is 18.8 Å². The average Bonchev–Trinajstić information content (AvgIpc) is 2.17. The van der Waals surface area contributed by atoms with Crippen molar-refractivity contribution >= 4 is 0 Å². The summed E-state index contributed by atoms with van der Waals surface area (Å²) in [7, 11) is 0. The largest absolute Gasteiger partial charge is 0.490 e. The molecule has 4 nitrogen and oxygen atoms in total. The maximum Gasteiger partial charge on any atom is 0.137 e. The molecule has 0 aliphatic heterocycles. The van der Waals surface area contributed by atoms with Gasteiger partial charge in [-0.1, -0.05) is 0 Å². The Kier molecular flexibility index (Phi) is 4.21. The summed E-state index contributed by atoms with van der Waals surface area (Å²) < 4.78 is 5.32. The number of ether oxygens (including phenoxy) is 1.